The van der Waals surface area contributed by atoms with E-state index in [1.54, 1.807) is 6.92 Å². The van der Waals surface area contributed by atoms with Gasteiger partial charge in [0.1, 0.15) is 0 Å². The Kier molecular flexibility index (Phi) is 5.65. The summed E-state index contributed by atoms with van der Waals surface area (Å²) in [5.41, 5.74) is -2.60. The van der Waals surface area contributed by atoms with Crippen molar-refractivity contribution < 1.29 is 29.1 Å². The fourth-order valence-corrected chi connectivity index (χ4v) is 3.11. The Morgan fingerprint density at radius 3 is 2.33 bits per heavy atom. The van der Waals surface area contributed by atoms with Crippen LogP contribution < -0.4 is 5.32 Å². The number of rotatable bonds is 5. The molecule has 2 rings (SSSR count). The van der Waals surface area contributed by atoms with Gasteiger partial charge in [0, 0.05) is 29.1 Å². The summed E-state index contributed by atoms with van der Waals surface area (Å²) < 4.78 is 9.81. The quantitative estimate of drug-likeness (QED) is 0.451. The lowest BCUT2D eigenvalue weighted by Crippen LogP contribution is -2.45. The van der Waals surface area contributed by atoms with E-state index in [0.717, 1.165) is 13.2 Å². The number of carbonyl (C=O) groups excluding carboxylic acids is 2. The van der Waals surface area contributed by atoms with E-state index in [9.17, 15) is 24.8 Å². The van der Waals surface area contributed by atoms with Gasteiger partial charge in [-0.2, -0.15) is 0 Å². The number of hydrogen-bond donors (Lipinski definition) is 2. The number of nitrogens with zero attached hydrogens (tertiary/aromatic N) is 1. The number of esters is 2. The monoisotopic (exact) mass is 376 g/mol. The highest BCUT2D eigenvalue weighted by molar-refractivity contribution is 6.01. The molecule has 1 aliphatic heterocycles. The lowest BCUT2D eigenvalue weighted by atomic mass is 9.75. The van der Waals surface area contributed by atoms with Crippen LogP contribution in [0.25, 0.3) is 0 Å². The number of nitrogens with one attached hydrogen (secondary N) is 1. The van der Waals surface area contributed by atoms with Gasteiger partial charge in [0.25, 0.3) is 5.69 Å². The summed E-state index contributed by atoms with van der Waals surface area (Å²) in [6.45, 7) is 4.70. The zero-order chi connectivity index (χ0) is 20.4. The number of non-ortho nitro benzene ring substituents is 1. The van der Waals surface area contributed by atoms with Gasteiger partial charge in [-0.05, 0) is 20.8 Å². The summed E-state index contributed by atoms with van der Waals surface area (Å²) in [4.78, 5) is 35.5. The molecule has 144 valence electrons. The van der Waals surface area contributed by atoms with Crippen LogP contribution in [0.15, 0.2) is 46.8 Å². The second-order valence-electron chi connectivity index (χ2n) is 5.85. The Bertz CT molecular complexity index is 872. The van der Waals surface area contributed by atoms with Crippen molar-refractivity contribution in [2.24, 2.45) is 0 Å². The van der Waals surface area contributed by atoms with Crippen molar-refractivity contribution >= 4 is 17.6 Å². The Hall–Kier alpha value is -3.20. The predicted molar refractivity (Wildman–Crippen MR) is 94.2 cm³/mol. The molecule has 27 heavy (non-hydrogen) atoms. The summed E-state index contributed by atoms with van der Waals surface area (Å²) in [5, 5.41) is 25.7. The molecule has 9 nitrogen and oxygen atoms in total. The van der Waals surface area contributed by atoms with E-state index in [-0.39, 0.29) is 40.4 Å². The number of aliphatic hydroxyl groups is 1. The van der Waals surface area contributed by atoms with Crippen molar-refractivity contribution in [1.29, 1.82) is 0 Å². The molecule has 0 amide bonds. The predicted octanol–water partition coefficient (Wildman–Crippen LogP) is 1.67. The molecule has 0 aromatic heterocycles. The lowest BCUT2D eigenvalue weighted by molar-refractivity contribution is -0.385. The van der Waals surface area contributed by atoms with E-state index >= 15 is 0 Å². The van der Waals surface area contributed by atoms with Crippen LogP contribution in [-0.2, 0) is 24.7 Å². The molecule has 2 N–H and O–H groups in total. The fourth-order valence-electron chi connectivity index (χ4n) is 3.11. The molecule has 1 aliphatic rings. The van der Waals surface area contributed by atoms with Gasteiger partial charge in [-0.3, -0.25) is 10.1 Å². The maximum atomic E-state index is 12.6. The number of nitro groups is 1. The van der Waals surface area contributed by atoms with Crippen molar-refractivity contribution in [1.82, 2.24) is 5.32 Å². The molecule has 1 aromatic carbocycles. The lowest BCUT2D eigenvalue weighted by Gasteiger charge is -2.37. The van der Waals surface area contributed by atoms with E-state index in [1.807, 2.05) is 0 Å². The molecule has 1 aromatic rings. The minimum absolute atomic E-state index is 0.0275. The zero-order valence-corrected chi connectivity index (χ0v) is 15.4. The summed E-state index contributed by atoms with van der Waals surface area (Å²) >= 11 is 0. The van der Waals surface area contributed by atoms with E-state index < -0.39 is 22.5 Å². The molecule has 0 fully saturated rings. The molecule has 0 saturated heterocycles. The first-order valence-corrected chi connectivity index (χ1v) is 8.10. The highest BCUT2D eigenvalue weighted by Gasteiger charge is 2.50. The number of hydrogen-bond acceptors (Lipinski definition) is 8. The van der Waals surface area contributed by atoms with Crippen LogP contribution in [0.4, 0.5) is 5.69 Å². The van der Waals surface area contributed by atoms with Crippen LogP contribution in [0.2, 0.25) is 0 Å². The highest BCUT2D eigenvalue weighted by atomic mass is 16.6. The molecule has 1 atom stereocenters. The van der Waals surface area contributed by atoms with Crippen molar-refractivity contribution in [3.63, 3.8) is 0 Å². The molecular weight excluding hydrogens is 356 g/mol. The Balaban J connectivity index is 2.83. The van der Waals surface area contributed by atoms with Crippen LogP contribution in [0.3, 0.4) is 0 Å². The number of methoxy groups -OCH3 is 1. The minimum atomic E-state index is -2.29. The van der Waals surface area contributed by atoms with Crippen LogP contribution in [0, 0.1) is 10.1 Å². The first-order valence-electron chi connectivity index (χ1n) is 8.10. The molecule has 0 radical (unpaired) electrons. The number of nitro benzene ring substituents is 1. The summed E-state index contributed by atoms with van der Waals surface area (Å²) in [7, 11) is 1.13. The summed E-state index contributed by atoms with van der Waals surface area (Å²) in [6, 6.07) is 5.09. The Morgan fingerprint density at radius 2 is 1.81 bits per heavy atom. The number of carbonyl (C=O) groups is 2. The minimum Gasteiger partial charge on any atom is -0.466 e. The number of dihydropyridines is 1. The third kappa shape index (κ3) is 3.41. The molecule has 0 saturated carbocycles. The first-order chi connectivity index (χ1) is 12.7. The highest BCUT2D eigenvalue weighted by Crippen LogP contribution is 2.43. The second kappa shape index (κ2) is 7.58. The average Bonchev–Trinajstić information content (AvgIpc) is 2.61. The van der Waals surface area contributed by atoms with Crippen LogP contribution >= 0.6 is 0 Å². The summed E-state index contributed by atoms with van der Waals surface area (Å²) in [6.07, 6.45) is 0. The molecule has 1 heterocycles. The maximum Gasteiger partial charge on any atom is 0.339 e. The van der Waals surface area contributed by atoms with Crippen molar-refractivity contribution in [2.45, 2.75) is 26.4 Å². The van der Waals surface area contributed by atoms with E-state index in [1.165, 1.54) is 32.0 Å². The molecule has 1 unspecified atom stereocenters. The third-order valence-electron chi connectivity index (χ3n) is 4.19. The molecule has 9 heteroatoms. The smallest absolute Gasteiger partial charge is 0.339 e. The Labute approximate surface area is 155 Å². The zero-order valence-electron chi connectivity index (χ0n) is 15.4. The topological polar surface area (TPSA) is 128 Å². The largest absolute Gasteiger partial charge is 0.466 e. The number of benzene rings is 1. The molecule has 0 aliphatic carbocycles. The van der Waals surface area contributed by atoms with Crippen molar-refractivity contribution in [3.8, 4) is 0 Å². The van der Waals surface area contributed by atoms with Gasteiger partial charge in [-0.15, -0.1) is 0 Å². The van der Waals surface area contributed by atoms with E-state index in [2.05, 4.69) is 5.32 Å². The van der Waals surface area contributed by atoms with Gasteiger partial charge in [-0.25, -0.2) is 9.59 Å². The van der Waals surface area contributed by atoms with Gasteiger partial charge in [0.2, 0.25) is 0 Å². The normalized spacial score (nSPS) is 19.4. The SMILES string of the molecule is CCOC(=O)C1=C(C)NC(C)=C(C(=O)OC)C1(O)c1cccc([N+](=O)[O-])c1. The Morgan fingerprint density at radius 1 is 1.22 bits per heavy atom. The van der Waals surface area contributed by atoms with Crippen LogP contribution in [-0.4, -0.2) is 35.7 Å². The van der Waals surface area contributed by atoms with Gasteiger partial charge >= 0.3 is 11.9 Å². The third-order valence-corrected chi connectivity index (χ3v) is 4.19. The average molecular weight is 376 g/mol. The number of ether oxygens (including phenoxy) is 2. The van der Waals surface area contributed by atoms with Crippen molar-refractivity contribution in [2.75, 3.05) is 13.7 Å². The molecular formula is C18H20N2O7. The first kappa shape index (κ1) is 20.1. The van der Waals surface area contributed by atoms with Gasteiger partial charge in [0.05, 0.1) is 29.8 Å². The fraction of sp³-hybridized carbons (Fsp3) is 0.333. The second-order valence-corrected chi connectivity index (χ2v) is 5.85. The van der Waals surface area contributed by atoms with Gasteiger partial charge < -0.3 is 19.9 Å². The van der Waals surface area contributed by atoms with Crippen molar-refractivity contribution in [3.05, 3.63) is 62.5 Å². The molecule has 0 spiro atoms. The standard InChI is InChI=1S/C18H20N2O7/c1-5-27-17(22)15-11(3)19-10(2)14(16(21)26-4)18(15,23)12-7-6-8-13(9-12)20(24)25/h6-9,19,23H,5H2,1-4H3. The van der Waals surface area contributed by atoms with Gasteiger partial charge in [0.15, 0.2) is 5.60 Å². The van der Waals surface area contributed by atoms with E-state index in [0.29, 0.717) is 0 Å². The van der Waals surface area contributed by atoms with Crippen LogP contribution in [0.1, 0.15) is 26.3 Å². The van der Waals surface area contributed by atoms with Crippen LogP contribution in [0.5, 0.6) is 0 Å². The molecule has 0 bridgehead atoms. The summed E-state index contributed by atoms with van der Waals surface area (Å²) in [5.74, 6) is -1.74. The van der Waals surface area contributed by atoms with Gasteiger partial charge in [-0.1, -0.05) is 12.1 Å². The van der Waals surface area contributed by atoms with E-state index in [4.69, 9.17) is 9.47 Å². The number of allylic oxidation sites excluding steroid dienone is 2. The maximum absolute atomic E-state index is 12.6.